The summed E-state index contributed by atoms with van der Waals surface area (Å²) in [5.74, 6) is 0.307. The van der Waals surface area contributed by atoms with Crippen LogP contribution in [0.25, 0.3) is 0 Å². The standard InChI is InChI=1S/C19H27N5O4S.C4H8O2/c1-4-11-29(25,26)16-6-5-15(13(2)23-16)24-18-17(27-3)19(22-12-21-18)28-14-7-9-20-10-8-14;1-3(2)4(5)6/h5-6,12,14,20H,4,7-11H2,1-3H3,(H,21,22,24);3H,1-2H3,(H,5,6). The molecule has 3 N–H and O–H groups in total. The maximum Gasteiger partial charge on any atom is 0.305 e. The van der Waals surface area contributed by atoms with Gasteiger partial charge < -0.3 is 25.2 Å². The average molecular weight is 510 g/mol. The number of carbonyl (C=O) groups is 1. The molecule has 35 heavy (non-hydrogen) atoms. The first-order valence-electron chi connectivity index (χ1n) is 11.6. The number of nitrogens with zero attached hydrogens (tertiary/aromatic N) is 3. The Morgan fingerprint density at radius 1 is 1.26 bits per heavy atom. The Labute approximate surface area is 206 Å². The number of carboxylic acid groups (broad SMARTS) is 1. The van der Waals surface area contributed by atoms with Crippen LogP contribution in [0.5, 0.6) is 11.6 Å². The van der Waals surface area contributed by atoms with Crippen molar-refractivity contribution in [1.29, 1.82) is 0 Å². The number of anilines is 2. The molecule has 12 heteroatoms. The zero-order chi connectivity index (χ0) is 26.0. The maximum absolute atomic E-state index is 12.2. The molecule has 3 rings (SSSR count). The molecule has 1 aliphatic rings. The number of hydrogen-bond acceptors (Lipinski definition) is 10. The molecule has 11 nitrogen and oxygen atoms in total. The summed E-state index contributed by atoms with van der Waals surface area (Å²) in [6, 6.07) is 3.18. The van der Waals surface area contributed by atoms with E-state index in [1.54, 1.807) is 26.8 Å². The van der Waals surface area contributed by atoms with Crippen molar-refractivity contribution >= 4 is 27.3 Å². The van der Waals surface area contributed by atoms with Gasteiger partial charge in [-0.1, -0.05) is 20.8 Å². The lowest BCUT2D eigenvalue weighted by atomic mass is 10.1. The second-order valence-corrected chi connectivity index (χ2v) is 10.4. The van der Waals surface area contributed by atoms with Crippen molar-refractivity contribution in [2.45, 2.75) is 58.1 Å². The fourth-order valence-corrected chi connectivity index (χ4v) is 4.43. The van der Waals surface area contributed by atoms with Gasteiger partial charge in [-0.05, 0) is 51.4 Å². The van der Waals surface area contributed by atoms with Gasteiger partial charge in [-0.2, -0.15) is 4.98 Å². The van der Waals surface area contributed by atoms with E-state index in [0.717, 1.165) is 25.9 Å². The molecule has 0 aliphatic carbocycles. The van der Waals surface area contributed by atoms with Crippen LogP contribution in [0.3, 0.4) is 0 Å². The molecular weight excluding hydrogens is 474 g/mol. The van der Waals surface area contributed by atoms with Crippen LogP contribution in [0.2, 0.25) is 0 Å². The molecule has 0 saturated carbocycles. The van der Waals surface area contributed by atoms with Gasteiger partial charge in [-0.3, -0.25) is 4.79 Å². The van der Waals surface area contributed by atoms with E-state index in [9.17, 15) is 13.2 Å². The SMILES string of the molecule is CC(C)C(=O)O.CCCS(=O)(=O)c1ccc(Nc2ncnc(OC3CCNCC3)c2OC)c(C)n1. The minimum Gasteiger partial charge on any atom is -0.489 e. The lowest BCUT2D eigenvalue weighted by Gasteiger charge is -2.24. The predicted molar refractivity (Wildman–Crippen MR) is 132 cm³/mol. The summed E-state index contributed by atoms with van der Waals surface area (Å²) in [6.07, 6.45) is 3.81. The van der Waals surface area contributed by atoms with E-state index in [-0.39, 0.29) is 22.8 Å². The fraction of sp³-hybridized carbons (Fsp3) is 0.565. The summed E-state index contributed by atoms with van der Waals surface area (Å²) in [7, 11) is -1.84. The van der Waals surface area contributed by atoms with Crippen LogP contribution >= 0.6 is 0 Å². The van der Waals surface area contributed by atoms with E-state index in [2.05, 4.69) is 25.6 Å². The first-order valence-corrected chi connectivity index (χ1v) is 13.2. The number of piperidine rings is 1. The minimum absolute atomic E-state index is 0.0689. The third-order valence-corrected chi connectivity index (χ3v) is 6.95. The lowest BCUT2D eigenvalue weighted by molar-refractivity contribution is -0.140. The Morgan fingerprint density at radius 2 is 1.91 bits per heavy atom. The highest BCUT2D eigenvalue weighted by Crippen LogP contribution is 2.34. The number of ether oxygens (including phenoxy) is 2. The smallest absolute Gasteiger partial charge is 0.305 e. The van der Waals surface area contributed by atoms with Gasteiger partial charge >= 0.3 is 5.97 Å². The van der Waals surface area contributed by atoms with Crippen LogP contribution in [-0.2, 0) is 14.6 Å². The summed E-state index contributed by atoms with van der Waals surface area (Å²) in [5, 5.41) is 14.5. The molecule has 0 aromatic carbocycles. The van der Waals surface area contributed by atoms with Gasteiger partial charge in [-0.15, -0.1) is 0 Å². The molecule has 0 unspecified atom stereocenters. The van der Waals surface area contributed by atoms with E-state index in [1.165, 1.54) is 19.5 Å². The normalized spacial score (nSPS) is 14.1. The zero-order valence-corrected chi connectivity index (χ0v) is 21.7. The third kappa shape index (κ3) is 8.32. The molecule has 1 fully saturated rings. The number of aliphatic carboxylic acids is 1. The van der Waals surface area contributed by atoms with E-state index >= 15 is 0 Å². The molecule has 1 aliphatic heterocycles. The third-order valence-electron chi connectivity index (χ3n) is 5.14. The number of carboxylic acids is 1. The number of aryl methyl sites for hydroxylation is 1. The molecule has 194 valence electrons. The molecule has 2 aromatic heterocycles. The zero-order valence-electron chi connectivity index (χ0n) is 20.9. The highest BCUT2D eigenvalue weighted by Gasteiger charge is 2.21. The summed E-state index contributed by atoms with van der Waals surface area (Å²) in [4.78, 5) is 22.4. The Bertz CT molecular complexity index is 1090. The van der Waals surface area contributed by atoms with E-state index in [0.29, 0.717) is 35.2 Å². The molecule has 0 amide bonds. The van der Waals surface area contributed by atoms with Crippen molar-refractivity contribution in [1.82, 2.24) is 20.3 Å². The van der Waals surface area contributed by atoms with Crippen molar-refractivity contribution in [2.75, 3.05) is 31.3 Å². The molecule has 0 atom stereocenters. The first-order chi connectivity index (χ1) is 16.6. The van der Waals surface area contributed by atoms with Crippen molar-refractivity contribution in [3.63, 3.8) is 0 Å². The highest BCUT2D eigenvalue weighted by molar-refractivity contribution is 7.91. The van der Waals surface area contributed by atoms with E-state index < -0.39 is 15.8 Å². The van der Waals surface area contributed by atoms with Gasteiger partial charge in [0.1, 0.15) is 12.4 Å². The topological polar surface area (TPSA) is 153 Å². The summed E-state index contributed by atoms with van der Waals surface area (Å²) < 4.78 is 36.0. The van der Waals surface area contributed by atoms with Gasteiger partial charge in [0.2, 0.25) is 5.75 Å². The molecule has 1 saturated heterocycles. The summed E-state index contributed by atoms with van der Waals surface area (Å²) in [5.41, 5.74) is 1.17. The van der Waals surface area contributed by atoms with Crippen molar-refractivity contribution in [3.05, 3.63) is 24.2 Å². The fourth-order valence-electron chi connectivity index (χ4n) is 3.13. The predicted octanol–water partition coefficient (Wildman–Crippen LogP) is 2.97. The van der Waals surface area contributed by atoms with Gasteiger partial charge in [0.05, 0.1) is 30.2 Å². The average Bonchev–Trinajstić information content (AvgIpc) is 2.81. The van der Waals surface area contributed by atoms with Crippen molar-refractivity contribution in [2.24, 2.45) is 5.92 Å². The minimum atomic E-state index is -3.37. The van der Waals surface area contributed by atoms with Gasteiger partial charge in [0.15, 0.2) is 20.7 Å². The summed E-state index contributed by atoms with van der Waals surface area (Å²) in [6.45, 7) is 8.66. The van der Waals surface area contributed by atoms with Crippen LogP contribution in [0.15, 0.2) is 23.5 Å². The van der Waals surface area contributed by atoms with Crippen LogP contribution in [0.1, 0.15) is 45.7 Å². The number of nitrogens with one attached hydrogen (secondary N) is 2. The Kier molecular flexibility index (Phi) is 10.6. The van der Waals surface area contributed by atoms with Crippen LogP contribution in [0.4, 0.5) is 11.5 Å². The van der Waals surface area contributed by atoms with E-state index in [4.69, 9.17) is 14.6 Å². The number of aromatic nitrogens is 3. The summed E-state index contributed by atoms with van der Waals surface area (Å²) >= 11 is 0. The van der Waals surface area contributed by atoms with Gasteiger partial charge in [0.25, 0.3) is 5.88 Å². The highest BCUT2D eigenvalue weighted by atomic mass is 32.2. The van der Waals surface area contributed by atoms with Crippen LogP contribution < -0.4 is 20.1 Å². The molecule has 0 bridgehead atoms. The number of methoxy groups -OCH3 is 1. The number of rotatable bonds is 9. The largest absolute Gasteiger partial charge is 0.489 e. The molecule has 0 spiro atoms. The molecular formula is C23H35N5O6S. The molecule has 0 radical (unpaired) electrons. The van der Waals surface area contributed by atoms with Gasteiger partial charge in [-0.25, -0.2) is 18.4 Å². The van der Waals surface area contributed by atoms with E-state index in [1.807, 2.05) is 6.92 Å². The van der Waals surface area contributed by atoms with Crippen LogP contribution in [-0.4, -0.2) is 66.5 Å². The Hall–Kier alpha value is -2.99. The first kappa shape index (κ1) is 28.2. The number of sulfone groups is 1. The number of pyridine rings is 1. The van der Waals surface area contributed by atoms with Crippen molar-refractivity contribution < 1.29 is 27.8 Å². The molecule has 2 aromatic rings. The second kappa shape index (κ2) is 13.2. The van der Waals surface area contributed by atoms with Crippen LogP contribution in [0, 0.1) is 12.8 Å². The Morgan fingerprint density at radius 3 is 2.46 bits per heavy atom. The van der Waals surface area contributed by atoms with Crippen molar-refractivity contribution in [3.8, 4) is 11.6 Å². The Balaban J connectivity index is 0.000000641. The quantitative estimate of drug-likeness (QED) is 0.457. The second-order valence-electron chi connectivity index (χ2n) is 8.35. The maximum atomic E-state index is 12.2. The lowest BCUT2D eigenvalue weighted by Crippen LogP contribution is -2.34. The number of hydrogen-bond donors (Lipinski definition) is 3. The molecule has 3 heterocycles. The van der Waals surface area contributed by atoms with Gasteiger partial charge in [0, 0.05) is 0 Å². The monoisotopic (exact) mass is 509 g/mol.